The molecule has 0 saturated heterocycles. The van der Waals surface area contributed by atoms with Crippen molar-refractivity contribution in [2.24, 2.45) is 0 Å². The summed E-state index contributed by atoms with van der Waals surface area (Å²) in [6.45, 7) is 0. The van der Waals surface area contributed by atoms with E-state index in [1.807, 2.05) is 0 Å². The number of nitrogens with zero attached hydrogens (tertiary/aromatic N) is 4. The fraction of sp³-hybridized carbons (Fsp3) is 0. The maximum absolute atomic E-state index is 12.5. The minimum atomic E-state index is -0.178. The number of ketones is 1. The molecule has 92 valence electrons. The summed E-state index contributed by atoms with van der Waals surface area (Å²) in [6, 6.07) is 7.25. The molecule has 1 aliphatic carbocycles. The molecule has 5 heteroatoms. The quantitative estimate of drug-likeness (QED) is 0.482. The molecule has 0 N–H and O–H groups in total. The zero-order valence-corrected chi connectivity index (χ0v) is 10.2. The number of pyridine rings is 3. The van der Waals surface area contributed by atoms with Crippen LogP contribution in [0.25, 0.3) is 22.2 Å². The number of carbonyl (C=O) groups excluding carboxylic acids is 1. The molecule has 20 heavy (non-hydrogen) atoms. The SMILES string of the molecule is N#Cc1cnc2c3c(nccc13)C(=O)c1cccnc1-2. The van der Waals surface area contributed by atoms with Crippen LogP contribution in [0.2, 0.25) is 0 Å². The van der Waals surface area contributed by atoms with Gasteiger partial charge in [0.25, 0.3) is 0 Å². The van der Waals surface area contributed by atoms with Gasteiger partial charge in [-0.15, -0.1) is 0 Å². The average molecular weight is 258 g/mol. The van der Waals surface area contributed by atoms with E-state index < -0.39 is 0 Å². The monoisotopic (exact) mass is 258 g/mol. The Morgan fingerprint density at radius 2 is 1.85 bits per heavy atom. The lowest BCUT2D eigenvalue weighted by Crippen LogP contribution is -2.14. The van der Waals surface area contributed by atoms with Gasteiger partial charge in [-0.2, -0.15) is 5.26 Å². The summed E-state index contributed by atoms with van der Waals surface area (Å²) in [5.41, 5.74) is 2.42. The Kier molecular flexibility index (Phi) is 1.98. The molecule has 5 nitrogen and oxygen atoms in total. The van der Waals surface area contributed by atoms with E-state index in [4.69, 9.17) is 5.26 Å². The summed E-state index contributed by atoms with van der Waals surface area (Å²) in [4.78, 5) is 25.2. The van der Waals surface area contributed by atoms with Crippen molar-refractivity contribution < 1.29 is 4.79 Å². The molecule has 0 unspecified atom stereocenters. The largest absolute Gasteiger partial charge is 0.287 e. The summed E-state index contributed by atoms with van der Waals surface area (Å²) in [5, 5.41) is 10.5. The molecule has 3 aromatic heterocycles. The van der Waals surface area contributed by atoms with E-state index in [0.717, 1.165) is 0 Å². The van der Waals surface area contributed by atoms with Gasteiger partial charge in [-0.05, 0) is 18.2 Å². The van der Waals surface area contributed by atoms with Crippen molar-refractivity contribution in [1.29, 1.82) is 5.26 Å². The second kappa shape index (κ2) is 3.68. The van der Waals surface area contributed by atoms with Gasteiger partial charge in [-0.3, -0.25) is 19.7 Å². The van der Waals surface area contributed by atoms with Crippen molar-refractivity contribution in [2.75, 3.05) is 0 Å². The molecule has 3 heterocycles. The molecule has 1 aliphatic rings. The Morgan fingerprint density at radius 1 is 1.00 bits per heavy atom. The van der Waals surface area contributed by atoms with Crippen LogP contribution in [-0.4, -0.2) is 20.7 Å². The topological polar surface area (TPSA) is 79.5 Å². The minimum Gasteiger partial charge on any atom is -0.287 e. The van der Waals surface area contributed by atoms with E-state index >= 15 is 0 Å². The molecular formula is C15H6N4O. The van der Waals surface area contributed by atoms with Crippen LogP contribution in [0.4, 0.5) is 0 Å². The fourth-order valence-corrected chi connectivity index (χ4v) is 2.53. The minimum absolute atomic E-state index is 0.178. The van der Waals surface area contributed by atoms with Gasteiger partial charge in [-0.25, -0.2) is 0 Å². The van der Waals surface area contributed by atoms with Crippen LogP contribution >= 0.6 is 0 Å². The highest BCUT2D eigenvalue weighted by Gasteiger charge is 2.28. The van der Waals surface area contributed by atoms with Crippen molar-refractivity contribution in [1.82, 2.24) is 15.0 Å². The third-order valence-electron chi connectivity index (χ3n) is 3.41. The van der Waals surface area contributed by atoms with E-state index in [1.165, 1.54) is 6.20 Å². The third kappa shape index (κ3) is 1.20. The fourth-order valence-electron chi connectivity index (χ4n) is 2.53. The summed E-state index contributed by atoms with van der Waals surface area (Å²) in [5.74, 6) is -0.178. The van der Waals surface area contributed by atoms with Gasteiger partial charge in [0.05, 0.1) is 16.8 Å². The second-order valence-corrected chi connectivity index (χ2v) is 4.44. The summed E-state index contributed by atoms with van der Waals surface area (Å²) in [6.07, 6.45) is 4.68. The standard InChI is InChI=1S/C15H6N4O/c16-6-8-7-19-13-11-9(8)3-5-18-14(11)15(20)10-2-1-4-17-12(10)13/h1-5,7H. The highest BCUT2D eigenvalue weighted by atomic mass is 16.1. The van der Waals surface area contributed by atoms with Gasteiger partial charge in [0.15, 0.2) is 0 Å². The van der Waals surface area contributed by atoms with Gasteiger partial charge in [0.1, 0.15) is 17.5 Å². The first-order valence-electron chi connectivity index (χ1n) is 5.99. The predicted octanol–water partition coefficient (Wildman–Crippen LogP) is 2.11. The molecule has 0 fully saturated rings. The lowest BCUT2D eigenvalue weighted by atomic mass is 9.91. The Bertz CT molecular complexity index is 940. The van der Waals surface area contributed by atoms with Crippen molar-refractivity contribution in [3.63, 3.8) is 0 Å². The molecule has 0 bridgehead atoms. The highest BCUT2D eigenvalue weighted by molar-refractivity contribution is 6.23. The number of nitriles is 1. The van der Waals surface area contributed by atoms with Crippen molar-refractivity contribution in [3.05, 3.63) is 53.6 Å². The molecule has 0 radical (unpaired) electrons. The molecule has 0 aliphatic heterocycles. The van der Waals surface area contributed by atoms with E-state index in [1.54, 1.807) is 30.6 Å². The van der Waals surface area contributed by atoms with Crippen LogP contribution in [-0.2, 0) is 0 Å². The van der Waals surface area contributed by atoms with Gasteiger partial charge in [0.2, 0.25) is 5.78 Å². The van der Waals surface area contributed by atoms with Crippen molar-refractivity contribution in [3.8, 4) is 17.5 Å². The molecule has 0 spiro atoms. The van der Waals surface area contributed by atoms with Crippen LogP contribution in [0, 0.1) is 11.3 Å². The second-order valence-electron chi connectivity index (χ2n) is 4.44. The van der Waals surface area contributed by atoms with Crippen LogP contribution < -0.4 is 0 Å². The van der Waals surface area contributed by atoms with Gasteiger partial charge in [0, 0.05) is 29.4 Å². The molecule has 0 amide bonds. The highest BCUT2D eigenvalue weighted by Crippen LogP contribution is 2.36. The van der Waals surface area contributed by atoms with Gasteiger partial charge >= 0.3 is 0 Å². The van der Waals surface area contributed by atoms with E-state index in [0.29, 0.717) is 39.0 Å². The molecule has 3 aromatic rings. The van der Waals surface area contributed by atoms with Gasteiger partial charge < -0.3 is 0 Å². The molecule has 0 saturated carbocycles. The van der Waals surface area contributed by atoms with Crippen molar-refractivity contribution >= 4 is 16.6 Å². The van der Waals surface area contributed by atoms with Crippen LogP contribution in [0.5, 0.6) is 0 Å². The molecule has 0 atom stereocenters. The zero-order valence-electron chi connectivity index (χ0n) is 10.2. The first-order valence-corrected chi connectivity index (χ1v) is 5.99. The number of aromatic nitrogens is 3. The van der Waals surface area contributed by atoms with Crippen LogP contribution in [0.15, 0.2) is 36.8 Å². The first-order chi connectivity index (χ1) is 9.81. The van der Waals surface area contributed by atoms with Crippen LogP contribution in [0.1, 0.15) is 21.6 Å². The average Bonchev–Trinajstić information content (AvgIpc) is 2.52. The number of carbonyl (C=O) groups is 1. The smallest absolute Gasteiger partial charge is 0.214 e. The maximum Gasteiger partial charge on any atom is 0.214 e. The Balaban J connectivity index is 2.27. The normalized spacial score (nSPS) is 12.1. The van der Waals surface area contributed by atoms with E-state index in [2.05, 4.69) is 21.0 Å². The molecular weight excluding hydrogens is 252 g/mol. The van der Waals surface area contributed by atoms with Crippen molar-refractivity contribution in [2.45, 2.75) is 0 Å². The Hall–Kier alpha value is -3.13. The Labute approximate surface area is 113 Å². The van der Waals surface area contributed by atoms with E-state index in [-0.39, 0.29) is 5.78 Å². The third-order valence-corrected chi connectivity index (χ3v) is 3.41. The number of rotatable bonds is 0. The van der Waals surface area contributed by atoms with Crippen LogP contribution in [0.3, 0.4) is 0 Å². The summed E-state index contributed by atoms with van der Waals surface area (Å²) in [7, 11) is 0. The number of hydrogen-bond acceptors (Lipinski definition) is 5. The zero-order chi connectivity index (χ0) is 13.7. The van der Waals surface area contributed by atoms with Gasteiger partial charge in [-0.1, -0.05) is 0 Å². The maximum atomic E-state index is 12.5. The predicted molar refractivity (Wildman–Crippen MR) is 70.9 cm³/mol. The van der Waals surface area contributed by atoms with E-state index in [9.17, 15) is 4.79 Å². The lowest BCUT2D eigenvalue weighted by Gasteiger charge is -2.17. The number of fused-ring (bicyclic) bond motifs is 2. The summed E-state index contributed by atoms with van der Waals surface area (Å²) >= 11 is 0. The molecule has 4 rings (SSSR count). The first kappa shape index (κ1) is 10.8. The lowest BCUT2D eigenvalue weighted by molar-refractivity contribution is 0.103. The Morgan fingerprint density at radius 3 is 2.70 bits per heavy atom. The molecule has 0 aromatic carbocycles. The number of hydrogen-bond donors (Lipinski definition) is 0. The summed E-state index contributed by atoms with van der Waals surface area (Å²) < 4.78 is 0.